The molecule has 0 unspecified atom stereocenters. The number of hydrogen-bond acceptors (Lipinski definition) is 8. The highest BCUT2D eigenvalue weighted by molar-refractivity contribution is 5.98. The lowest BCUT2D eigenvalue weighted by molar-refractivity contribution is -0.153. The van der Waals surface area contributed by atoms with Crippen molar-refractivity contribution in [3.8, 4) is 6.07 Å². The summed E-state index contributed by atoms with van der Waals surface area (Å²) in [4.78, 5) is 66.5. The summed E-state index contributed by atoms with van der Waals surface area (Å²) in [6.07, 6.45) is 1.92. The minimum absolute atomic E-state index is 0.101. The SMILES string of the molecule is CCCCCN(C(=O)CCC(=O)O[C@H](C)C(=O)Nc1cccc(C#N)c1)c1c(N)n(CCCC)c(=O)[nH]c1=O. The predicted octanol–water partition coefficient (Wildman–Crippen LogP) is 2.66. The Labute approximate surface area is 226 Å². The molecular weight excluding hydrogens is 504 g/mol. The minimum atomic E-state index is -1.15. The van der Waals surface area contributed by atoms with Gasteiger partial charge in [-0.25, -0.2) is 4.79 Å². The number of ether oxygens (including phenoxy) is 1. The van der Waals surface area contributed by atoms with Gasteiger partial charge in [0.25, 0.3) is 11.5 Å². The fourth-order valence-corrected chi connectivity index (χ4v) is 3.82. The van der Waals surface area contributed by atoms with E-state index in [1.807, 2.05) is 19.9 Å². The van der Waals surface area contributed by atoms with Gasteiger partial charge in [0.15, 0.2) is 11.8 Å². The smallest absolute Gasteiger partial charge is 0.330 e. The van der Waals surface area contributed by atoms with Crippen molar-refractivity contribution < 1.29 is 19.1 Å². The quantitative estimate of drug-likeness (QED) is 0.241. The van der Waals surface area contributed by atoms with Gasteiger partial charge in [0.05, 0.1) is 18.1 Å². The number of anilines is 3. The maximum atomic E-state index is 13.2. The molecule has 2 amide bonds. The van der Waals surface area contributed by atoms with Crippen LogP contribution < -0.4 is 27.2 Å². The van der Waals surface area contributed by atoms with Gasteiger partial charge < -0.3 is 20.7 Å². The Morgan fingerprint density at radius 3 is 2.54 bits per heavy atom. The molecule has 0 saturated heterocycles. The van der Waals surface area contributed by atoms with Gasteiger partial charge in [-0.3, -0.25) is 28.7 Å². The molecule has 0 aliphatic rings. The number of carbonyl (C=O) groups is 3. The van der Waals surface area contributed by atoms with Crippen LogP contribution >= 0.6 is 0 Å². The largest absolute Gasteiger partial charge is 0.453 e. The molecule has 0 aliphatic carbocycles. The van der Waals surface area contributed by atoms with Crippen molar-refractivity contribution in [2.75, 3.05) is 22.5 Å². The summed E-state index contributed by atoms with van der Waals surface area (Å²) >= 11 is 0. The van der Waals surface area contributed by atoms with Crippen LogP contribution in [0, 0.1) is 11.3 Å². The summed E-state index contributed by atoms with van der Waals surface area (Å²) < 4.78 is 6.41. The van der Waals surface area contributed by atoms with E-state index in [-0.39, 0.29) is 37.4 Å². The number of nitriles is 1. The van der Waals surface area contributed by atoms with Gasteiger partial charge in [0, 0.05) is 25.2 Å². The number of nitrogens with two attached hydrogens (primary N) is 1. The first-order valence-electron chi connectivity index (χ1n) is 13.1. The van der Waals surface area contributed by atoms with Crippen LogP contribution in [0.25, 0.3) is 0 Å². The lowest BCUT2D eigenvalue weighted by Gasteiger charge is -2.24. The molecule has 12 nitrogen and oxygen atoms in total. The van der Waals surface area contributed by atoms with E-state index in [0.29, 0.717) is 24.1 Å². The molecule has 39 heavy (non-hydrogen) atoms. The van der Waals surface area contributed by atoms with E-state index < -0.39 is 35.1 Å². The van der Waals surface area contributed by atoms with E-state index in [9.17, 15) is 24.0 Å². The fraction of sp³-hybridized carbons (Fsp3) is 0.481. The second kappa shape index (κ2) is 15.1. The number of esters is 1. The van der Waals surface area contributed by atoms with Gasteiger partial charge in [0.1, 0.15) is 5.82 Å². The Hall–Kier alpha value is -4.40. The third-order valence-electron chi connectivity index (χ3n) is 5.99. The molecule has 12 heteroatoms. The maximum Gasteiger partial charge on any atom is 0.330 e. The van der Waals surface area contributed by atoms with Crippen molar-refractivity contribution in [1.82, 2.24) is 9.55 Å². The fourth-order valence-electron chi connectivity index (χ4n) is 3.82. The van der Waals surface area contributed by atoms with E-state index in [1.165, 1.54) is 22.5 Å². The third-order valence-corrected chi connectivity index (χ3v) is 5.99. The number of carbonyl (C=O) groups excluding carboxylic acids is 3. The number of nitrogens with one attached hydrogen (secondary N) is 2. The number of hydrogen-bond donors (Lipinski definition) is 3. The summed E-state index contributed by atoms with van der Waals surface area (Å²) in [6.45, 7) is 5.80. The number of benzene rings is 1. The van der Waals surface area contributed by atoms with E-state index in [4.69, 9.17) is 15.7 Å². The van der Waals surface area contributed by atoms with Gasteiger partial charge >= 0.3 is 11.7 Å². The average molecular weight is 541 g/mol. The lowest BCUT2D eigenvalue weighted by Crippen LogP contribution is -2.42. The second-order valence-corrected chi connectivity index (χ2v) is 9.06. The summed E-state index contributed by atoms with van der Waals surface area (Å²) in [7, 11) is 0. The van der Waals surface area contributed by atoms with E-state index >= 15 is 0 Å². The van der Waals surface area contributed by atoms with Crippen LogP contribution in [0.3, 0.4) is 0 Å². The van der Waals surface area contributed by atoms with Crippen LogP contribution in [0.4, 0.5) is 17.2 Å². The molecule has 0 radical (unpaired) electrons. The molecule has 1 aromatic heterocycles. The highest BCUT2D eigenvalue weighted by Crippen LogP contribution is 2.20. The Balaban J connectivity index is 2.11. The molecule has 1 aromatic carbocycles. The van der Waals surface area contributed by atoms with Crippen LogP contribution in [-0.4, -0.2) is 40.0 Å². The van der Waals surface area contributed by atoms with Crippen LogP contribution in [0.15, 0.2) is 33.9 Å². The number of aromatic amines is 1. The number of nitrogen functional groups attached to an aromatic ring is 1. The van der Waals surface area contributed by atoms with Crippen molar-refractivity contribution >= 4 is 35.0 Å². The molecule has 4 N–H and O–H groups in total. The molecule has 1 atom stereocenters. The normalized spacial score (nSPS) is 11.3. The first-order chi connectivity index (χ1) is 18.6. The van der Waals surface area contributed by atoms with Gasteiger partial charge in [-0.1, -0.05) is 39.2 Å². The molecular formula is C27H36N6O6. The van der Waals surface area contributed by atoms with E-state index in [2.05, 4.69) is 10.3 Å². The van der Waals surface area contributed by atoms with Crippen molar-refractivity contribution in [3.63, 3.8) is 0 Å². The number of amides is 2. The molecule has 2 aromatic rings. The van der Waals surface area contributed by atoms with Crippen LogP contribution in [0.1, 0.15) is 71.3 Å². The molecule has 0 saturated carbocycles. The third kappa shape index (κ3) is 8.84. The summed E-state index contributed by atoms with van der Waals surface area (Å²) in [5.41, 5.74) is 5.40. The molecule has 0 spiro atoms. The molecule has 210 valence electrons. The zero-order valence-corrected chi connectivity index (χ0v) is 22.6. The Kier molecular flexibility index (Phi) is 11.9. The van der Waals surface area contributed by atoms with Crippen molar-refractivity contribution in [1.29, 1.82) is 5.26 Å². The summed E-state index contributed by atoms with van der Waals surface area (Å²) in [6, 6.07) is 8.24. The zero-order chi connectivity index (χ0) is 28.9. The Morgan fingerprint density at radius 1 is 1.15 bits per heavy atom. The van der Waals surface area contributed by atoms with Crippen LogP contribution in [-0.2, 0) is 25.7 Å². The second-order valence-electron chi connectivity index (χ2n) is 9.06. The number of H-pyrrole nitrogens is 1. The molecule has 2 rings (SSSR count). The molecule has 0 fully saturated rings. The van der Waals surface area contributed by atoms with Crippen molar-refractivity contribution in [2.45, 2.75) is 78.4 Å². The topological polar surface area (TPSA) is 180 Å². The van der Waals surface area contributed by atoms with Crippen molar-refractivity contribution in [3.05, 3.63) is 50.7 Å². The van der Waals surface area contributed by atoms with Gasteiger partial charge in [-0.2, -0.15) is 5.26 Å². The van der Waals surface area contributed by atoms with E-state index in [0.717, 1.165) is 19.3 Å². The highest BCUT2D eigenvalue weighted by atomic mass is 16.5. The van der Waals surface area contributed by atoms with E-state index in [1.54, 1.807) is 18.2 Å². The molecule has 0 bridgehead atoms. The molecule has 1 heterocycles. The number of aromatic nitrogens is 2. The Morgan fingerprint density at radius 2 is 1.87 bits per heavy atom. The number of unbranched alkanes of at least 4 members (excludes halogenated alkanes) is 3. The number of nitrogens with zero attached hydrogens (tertiary/aromatic N) is 3. The monoisotopic (exact) mass is 540 g/mol. The summed E-state index contributed by atoms with van der Waals surface area (Å²) in [5.74, 6) is -2.01. The summed E-state index contributed by atoms with van der Waals surface area (Å²) in [5, 5.41) is 11.6. The maximum absolute atomic E-state index is 13.2. The van der Waals surface area contributed by atoms with Gasteiger partial charge in [-0.05, 0) is 38.0 Å². The van der Waals surface area contributed by atoms with Crippen molar-refractivity contribution in [2.24, 2.45) is 0 Å². The first-order valence-corrected chi connectivity index (χ1v) is 13.1. The average Bonchev–Trinajstić information content (AvgIpc) is 2.90. The lowest BCUT2D eigenvalue weighted by atomic mass is 10.2. The number of rotatable bonds is 14. The first kappa shape index (κ1) is 30.8. The van der Waals surface area contributed by atoms with Gasteiger partial charge in [0.2, 0.25) is 5.91 Å². The minimum Gasteiger partial charge on any atom is -0.453 e. The zero-order valence-electron chi connectivity index (χ0n) is 22.6. The highest BCUT2D eigenvalue weighted by Gasteiger charge is 2.25. The predicted molar refractivity (Wildman–Crippen MR) is 147 cm³/mol. The standard InChI is InChI=1S/C27H36N6O6/c1-4-6-8-15-32(23-24(29)33(14-7-5-2)27(38)31-26(23)37)21(34)12-13-22(35)39-18(3)25(36)30-20-11-9-10-19(16-20)17-28/h9-11,16,18H,4-8,12-15,29H2,1-3H3,(H,30,36)(H,31,37,38)/t18-/m1/s1. The van der Waals surface area contributed by atoms with Crippen LogP contribution in [0.5, 0.6) is 0 Å². The molecule has 0 aliphatic heterocycles. The Bertz CT molecular complexity index is 1330. The van der Waals surface area contributed by atoms with Crippen LogP contribution in [0.2, 0.25) is 0 Å². The van der Waals surface area contributed by atoms with Gasteiger partial charge in [-0.15, -0.1) is 0 Å².